The number of hydrogen-bond donors (Lipinski definition) is 0. The average Bonchev–Trinajstić information content (AvgIpc) is 3.46. The van der Waals surface area contributed by atoms with Crippen molar-refractivity contribution in [3.8, 4) is 28.3 Å². The number of aromatic nitrogens is 1. The van der Waals surface area contributed by atoms with E-state index >= 15 is 0 Å². The highest BCUT2D eigenvalue weighted by atomic mass is 19.1. The van der Waals surface area contributed by atoms with Gasteiger partial charge in [-0.3, -0.25) is 0 Å². The summed E-state index contributed by atoms with van der Waals surface area (Å²) in [5.41, 5.74) is 8.42. The Balaban J connectivity index is 1.21. The Morgan fingerprint density at radius 1 is 0.479 bits per heavy atom. The molecule has 2 heterocycles. The van der Waals surface area contributed by atoms with Crippen LogP contribution in [0.2, 0.25) is 0 Å². The number of rotatable bonds is 4. The zero-order chi connectivity index (χ0) is 31.8. The number of benzene rings is 8. The Kier molecular flexibility index (Phi) is 5.75. The van der Waals surface area contributed by atoms with Crippen LogP contribution in [0.15, 0.2) is 164 Å². The first-order valence-corrected chi connectivity index (χ1v) is 16.1. The highest BCUT2D eigenvalue weighted by Gasteiger charge is 2.24. The second-order valence-electron chi connectivity index (χ2n) is 12.3. The molecule has 0 radical (unpaired) electrons. The summed E-state index contributed by atoms with van der Waals surface area (Å²) in [4.78, 5) is 2.33. The molecule has 9 aromatic rings. The van der Waals surface area contributed by atoms with E-state index in [0.717, 1.165) is 72.4 Å². The molecule has 0 bridgehead atoms. The highest BCUT2D eigenvalue weighted by molar-refractivity contribution is 6.11. The maximum atomic E-state index is 13.9. The van der Waals surface area contributed by atoms with Crippen molar-refractivity contribution >= 4 is 60.4 Å². The van der Waals surface area contributed by atoms with Gasteiger partial charge in [0.25, 0.3) is 0 Å². The standard InChI is InChI=1S/C44H27FN2O/c45-30-18-20-31(21-19-30)47-40-15-4-3-13-35(40)38-26-32(23-25-41(38)47)46(39-16-6-9-28-8-1-2-12-34(28)39)33-22-24-36-37-14-5-10-29-11-7-17-42(44(29)37)48-43(36)27-33/h1-27H. The van der Waals surface area contributed by atoms with Gasteiger partial charge in [-0.15, -0.1) is 0 Å². The van der Waals surface area contributed by atoms with E-state index in [2.05, 4.69) is 149 Å². The number of fused-ring (bicyclic) bond motifs is 6. The van der Waals surface area contributed by atoms with E-state index in [1.165, 1.54) is 28.5 Å². The predicted octanol–water partition coefficient (Wildman–Crippen LogP) is 12.5. The largest absolute Gasteiger partial charge is 0.456 e. The van der Waals surface area contributed by atoms with Crippen LogP contribution >= 0.6 is 0 Å². The molecule has 4 heteroatoms. The number of para-hydroxylation sites is 1. The molecular formula is C44H27FN2O. The summed E-state index contributed by atoms with van der Waals surface area (Å²) >= 11 is 0. The van der Waals surface area contributed by atoms with E-state index in [1.807, 2.05) is 12.1 Å². The second kappa shape index (κ2) is 10.3. The molecule has 1 aliphatic rings. The average molecular weight is 619 g/mol. The van der Waals surface area contributed by atoms with E-state index in [1.54, 1.807) is 0 Å². The molecule has 0 N–H and O–H groups in total. The lowest BCUT2D eigenvalue weighted by atomic mass is 9.94. The van der Waals surface area contributed by atoms with E-state index in [4.69, 9.17) is 4.74 Å². The minimum absolute atomic E-state index is 0.248. The molecule has 0 saturated heterocycles. The molecule has 3 nitrogen and oxygen atoms in total. The van der Waals surface area contributed by atoms with Crippen LogP contribution in [0.25, 0.3) is 60.2 Å². The van der Waals surface area contributed by atoms with Crippen LogP contribution in [-0.4, -0.2) is 4.57 Å². The van der Waals surface area contributed by atoms with Crippen LogP contribution in [0, 0.1) is 5.82 Å². The minimum atomic E-state index is -0.248. The fraction of sp³-hybridized carbons (Fsp3) is 0. The number of anilines is 3. The van der Waals surface area contributed by atoms with Gasteiger partial charge in [0.05, 0.1) is 16.7 Å². The molecule has 0 fully saturated rings. The maximum Gasteiger partial charge on any atom is 0.137 e. The van der Waals surface area contributed by atoms with Crippen LogP contribution in [-0.2, 0) is 0 Å². The van der Waals surface area contributed by atoms with Gasteiger partial charge < -0.3 is 14.2 Å². The summed E-state index contributed by atoms with van der Waals surface area (Å²) < 4.78 is 22.8. The molecule has 1 aliphatic heterocycles. The van der Waals surface area contributed by atoms with Gasteiger partial charge in [0, 0.05) is 50.2 Å². The Morgan fingerprint density at radius 3 is 2.06 bits per heavy atom. The summed E-state index contributed by atoms with van der Waals surface area (Å²) in [5.74, 6) is 1.46. The summed E-state index contributed by atoms with van der Waals surface area (Å²) in [5, 5.41) is 6.90. The van der Waals surface area contributed by atoms with Crippen molar-refractivity contribution in [3.05, 3.63) is 170 Å². The first-order chi connectivity index (χ1) is 23.7. The summed E-state index contributed by atoms with van der Waals surface area (Å²) in [6.45, 7) is 0. The zero-order valence-corrected chi connectivity index (χ0v) is 25.8. The predicted molar refractivity (Wildman–Crippen MR) is 196 cm³/mol. The van der Waals surface area contributed by atoms with Crippen molar-refractivity contribution in [3.63, 3.8) is 0 Å². The zero-order valence-electron chi connectivity index (χ0n) is 25.8. The van der Waals surface area contributed by atoms with Crippen molar-refractivity contribution in [2.24, 2.45) is 0 Å². The molecule has 0 saturated carbocycles. The third-order valence-corrected chi connectivity index (χ3v) is 9.61. The lowest BCUT2D eigenvalue weighted by molar-refractivity contribution is 0.487. The molecule has 0 aliphatic carbocycles. The first kappa shape index (κ1) is 26.8. The Labute approximate surface area is 276 Å². The van der Waals surface area contributed by atoms with Gasteiger partial charge in [0.2, 0.25) is 0 Å². The molecule has 10 rings (SSSR count). The lowest BCUT2D eigenvalue weighted by Crippen LogP contribution is -2.11. The van der Waals surface area contributed by atoms with Crippen molar-refractivity contribution in [1.82, 2.24) is 4.57 Å². The quantitative estimate of drug-likeness (QED) is 0.195. The van der Waals surface area contributed by atoms with Crippen molar-refractivity contribution in [2.75, 3.05) is 4.90 Å². The molecule has 0 atom stereocenters. The fourth-order valence-electron chi connectivity index (χ4n) is 7.49. The van der Waals surface area contributed by atoms with Gasteiger partial charge in [-0.05, 0) is 89.1 Å². The topological polar surface area (TPSA) is 17.4 Å². The molecular weight excluding hydrogens is 591 g/mol. The van der Waals surface area contributed by atoms with Crippen molar-refractivity contribution in [2.45, 2.75) is 0 Å². The molecule has 48 heavy (non-hydrogen) atoms. The molecule has 0 spiro atoms. The van der Waals surface area contributed by atoms with Gasteiger partial charge in [-0.25, -0.2) is 4.39 Å². The summed E-state index contributed by atoms with van der Waals surface area (Å²) in [6, 6.07) is 55.9. The third kappa shape index (κ3) is 3.99. The molecule has 226 valence electrons. The molecule has 8 aromatic carbocycles. The third-order valence-electron chi connectivity index (χ3n) is 9.61. The number of ether oxygens (including phenoxy) is 1. The van der Waals surface area contributed by atoms with Crippen molar-refractivity contribution < 1.29 is 9.13 Å². The van der Waals surface area contributed by atoms with Gasteiger partial charge in [-0.1, -0.05) is 84.9 Å². The van der Waals surface area contributed by atoms with Crippen molar-refractivity contribution in [1.29, 1.82) is 0 Å². The number of hydrogen-bond acceptors (Lipinski definition) is 2. The highest BCUT2D eigenvalue weighted by Crippen LogP contribution is 2.49. The molecule has 0 unspecified atom stereocenters. The van der Waals surface area contributed by atoms with E-state index < -0.39 is 0 Å². The monoisotopic (exact) mass is 618 g/mol. The Hall–Kier alpha value is -6.39. The molecule has 1 aromatic heterocycles. The smallest absolute Gasteiger partial charge is 0.137 e. The minimum Gasteiger partial charge on any atom is -0.456 e. The maximum absolute atomic E-state index is 13.9. The van der Waals surface area contributed by atoms with Crippen LogP contribution in [0.4, 0.5) is 21.5 Å². The van der Waals surface area contributed by atoms with Crippen LogP contribution in [0.3, 0.4) is 0 Å². The van der Waals surface area contributed by atoms with Gasteiger partial charge in [0.15, 0.2) is 0 Å². The first-order valence-electron chi connectivity index (χ1n) is 16.1. The Bertz CT molecular complexity index is 2720. The summed E-state index contributed by atoms with van der Waals surface area (Å²) in [6.07, 6.45) is 0. The van der Waals surface area contributed by atoms with Crippen LogP contribution in [0.1, 0.15) is 0 Å². The number of halogens is 1. The molecule has 0 amide bonds. The Morgan fingerprint density at radius 2 is 1.17 bits per heavy atom. The number of nitrogens with zero attached hydrogens (tertiary/aromatic N) is 2. The SMILES string of the molecule is Fc1ccc(-n2c3ccccc3c3cc(N(c4ccc5c(c4)Oc4cccc6cccc-5c46)c4cccc5ccccc45)ccc32)cc1. The second-order valence-corrected chi connectivity index (χ2v) is 12.3. The van der Waals surface area contributed by atoms with Crippen LogP contribution < -0.4 is 9.64 Å². The van der Waals surface area contributed by atoms with E-state index in [0.29, 0.717) is 0 Å². The van der Waals surface area contributed by atoms with E-state index in [9.17, 15) is 4.39 Å². The van der Waals surface area contributed by atoms with Gasteiger partial charge in [0.1, 0.15) is 17.3 Å². The van der Waals surface area contributed by atoms with Crippen LogP contribution in [0.5, 0.6) is 11.5 Å². The van der Waals surface area contributed by atoms with Gasteiger partial charge >= 0.3 is 0 Å². The van der Waals surface area contributed by atoms with Gasteiger partial charge in [-0.2, -0.15) is 0 Å². The lowest BCUT2D eigenvalue weighted by Gasteiger charge is -2.29. The summed E-state index contributed by atoms with van der Waals surface area (Å²) in [7, 11) is 0. The normalized spacial score (nSPS) is 12.0. The van der Waals surface area contributed by atoms with E-state index in [-0.39, 0.29) is 5.82 Å². The fourth-order valence-corrected chi connectivity index (χ4v) is 7.49.